The first kappa shape index (κ1) is 14.9. The zero-order valence-corrected chi connectivity index (χ0v) is 10.3. The first-order valence-corrected chi connectivity index (χ1v) is 6.54. The molecule has 0 fully saturated rings. The van der Waals surface area contributed by atoms with Crippen LogP contribution in [0.3, 0.4) is 0 Å². The third kappa shape index (κ3) is 4.18. The maximum Gasteiger partial charge on any atom is 0.321 e. The van der Waals surface area contributed by atoms with Crippen LogP contribution in [0.4, 0.5) is 0 Å². The minimum atomic E-state index is -3.78. The highest BCUT2D eigenvalue weighted by Gasteiger charge is 2.32. The normalized spacial score (nSPS) is 15.2. The minimum absolute atomic E-state index is 0.0945. The van der Waals surface area contributed by atoms with E-state index in [4.69, 9.17) is 5.11 Å². The summed E-state index contributed by atoms with van der Waals surface area (Å²) in [6.07, 6.45) is 0. The fraction of sp³-hybridized carbons (Fsp3) is 0.778. The second-order valence-electron chi connectivity index (χ2n) is 3.44. The summed E-state index contributed by atoms with van der Waals surface area (Å²) in [5.41, 5.74) is 0. The highest BCUT2D eigenvalue weighted by atomic mass is 32.2. The lowest BCUT2D eigenvalue weighted by Crippen LogP contribution is -2.34. The van der Waals surface area contributed by atoms with E-state index in [0.717, 1.165) is 0 Å². The fourth-order valence-corrected chi connectivity index (χ4v) is 2.42. The lowest BCUT2D eigenvalue weighted by Gasteiger charge is -2.15. The van der Waals surface area contributed by atoms with Gasteiger partial charge >= 0.3 is 11.9 Å². The number of carbonyl (C=O) groups is 2. The molecule has 0 heterocycles. The Morgan fingerprint density at radius 1 is 1.31 bits per heavy atom. The number of carbonyl (C=O) groups excluding carboxylic acids is 1. The molecule has 0 bridgehead atoms. The number of ether oxygens (including phenoxy) is 1. The van der Waals surface area contributed by atoms with Crippen molar-refractivity contribution < 1.29 is 27.9 Å². The van der Waals surface area contributed by atoms with Crippen LogP contribution in [0.25, 0.3) is 0 Å². The summed E-state index contributed by atoms with van der Waals surface area (Å²) < 4.78 is 27.7. The molecule has 2 unspecified atom stereocenters. The van der Waals surface area contributed by atoms with Crippen molar-refractivity contribution in [1.29, 1.82) is 0 Å². The molecule has 0 aliphatic heterocycles. The number of aliphatic carboxylic acids is 1. The number of rotatable bonds is 6. The smallest absolute Gasteiger partial charge is 0.321 e. The summed E-state index contributed by atoms with van der Waals surface area (Å²) in [5.74, 6) is -3.90. The number of esters is 1. The van der Waals surface area contributed by atoms with Crippen molar-refractivity contribution in [3.8, 4) is 0 Å². The first-order chi connectivity index (χ1) is 7.22. The van der Waals surface area contributed by atoms with Gasteiger partial charge in [0.15, 0.2) is 9.84 Å². The number of carboxylic acids is 1. The van der Waals surface area contributed by atoms with Crippen molar-refractivity contribution in [3.63, 3.8) is 0 Å². The molecule has 0 amide bonds. The van der Waals surface area contributed by atoms with Gasteiger partial charge in [-0.05, 0) is 13.8 Å². The van der Waals surface area contributed by atoms with Gasteiger partial charge in [-0.25, -0.2) is 8.42 Å². The van der Waals surface area contributed by atoms with Gasteiger partial charge in [0.05, 0.1) is 17.8 Å². The molecule has 7 heteroatoms. The van der Waals surface area contributed by atoms with E-state index in [1.807, 2.05) is 0 Å². The summed E-state index contributed by atoms with van der Waals surface area (Å²) in [5, 5.41) is 7.56. The summed E-state index contributed by atoms with van der Waals surface area (Å²) in [6, 6.07) is 0. The molecule has 0 aromatic rings. The fourth-order valence-electron chi connectivity index (χ4n) is 1.01. The Morgan fingerprint density at radius 2 is 1.81 bits per heavy atom. The SMILES string of the molecule is CCOC(=O)CS(=O)(=O)C(C)C(C)C(=O)O. The van der Waals surface area contributed by atoms with Crippen LogP contribution in [0.15, 0.2) is 0 Å². The molecule has 94 valence electrons. The zero-order chi connectivity index (χ0) is 12.9. The number of hydrogen-bond acceptors (Lipinski definition) is 5. The van der Waals surface area contributed by atoms with Gasteiger partial charge in [-0.3, -0.25) is 9.59 Å². The Labute approximate surface area is 94.5 Å². The summed E-state index contributed by atoms with van der Waals surface area (Å²) in [7, 11) is -3.78. The van der Waals surface area contributed by atoms with E-state index in [1.54, 1.807) is 6.92 Å². The second-order valence-corrected chi connectivity index (χ2v) is 5.80. The molecular weight excluding hydrogens is 236 g/mol. The van der Waals surface area contributed by atoms with Crippen LogP contribution in [0.2, 0.25) is 0 Å². The van der Waals surface area contributed by atoms with E-state index in [0.29, 0.717) is 0 Å². The minimum Gasteiger partial charge on any atom is -0.481 e. The maximum atomic E-state index is 11.6. The van der Waals surface area contributed by atoms with Gasteiger partial charge in [0, 0.05) is 0 Å². The molecule has 0 rings (SSSR count). The van der Waals surface area contributed by atoms with Crippen molar-refractivity contribution >= 4 is 21.8 Å². The molecule has 1 N–H and O–H groups in total. The Balaban J connectivity index is 4.67. The molecule has 16 heavy (non-hydrogen) atoms. The first-order valence-electron chi connectivity index (χ1n) is 4.82. The third-order valence-electron chi connectivity index (χ3n) is 2.28. The Kier molecular flexibility index (Phi) is 5.43. The average molecular weight is 252 g/mol. The number of hydrogen-bond donors (Lipinski definition) is 1. The van der Waals surface area contributed by atoms with Crippen molar-refractivity contribution in [2.45, 2.75) is 26.0 Å². The standard InChI is InChI=1S/C9H16O6S/c1-4-15-8(10)5-16(13,14)7(3)6(2)9(11)12/h6-7H,4-5H2,1-3H3,(H,11,12). The summed E-state index contributed by atoms with van der Waals surface area (Å²) in [4.78, 5) is 21.6. The predicted octanol–water partition coefficient (Wildman–Crippen LogP) is 0.0735. The van der Waals surface area contributed by atoms with E-state index in [-0.39, 0.29) is 6.61 Å². The van der Waals surface area contributed by atoms with E-state index < -0.39 is 38.7 Å². The van der Waals surface area contributed by atoms with Crippen LogP contribution >= 0.6 is 0 Å². The Hall–Kier alpha value is -1.11. The zero-order valence-electron chi connectivity index (χ0n) is 9.47. The third-order valence-corrected chi connectivity index (χ3v) is 4.46. The van der Waals surface area contributed by atoms with Gasteiger partial charge < -0.3 is 9.84 Å². The molecule has 2 atom stereocenters. The van der Waals surface area contributed by atoms with E-state index >= 15 is 0 Å². The topological polar surface area (TPSA) is 97.7 Å². The molecule has 6 nitrogen and oxygen atoms in total. The number of carboxylic acid groups (broad SMARTS) is 1. The van der Waals surface area contributed by atoms with E-state index in [2.05, 4.69) is 4.74 Å². The molecule has 0 radical (unpaired) electrons. The second kappa shape index (κ2) is 5.83. The van der Waals surface area contributed by atoms with Gasteiger partial charge in [-0.2, -0.15) is 0 Å². The van der Waals surface area contributed by atoms with Gasteiger partial charge in [0.2, 0.25) is 0 Å². The molecule has 0 aromatic carbocycles. The van der Waals surface area contributed by atoms with Crippen molar-refractivity contribution in [1.82, 2.24) is 0 Å². The van der Waals surface area contributed by atoms with Crippen LogP contribution in [-0.2, 0) is 24.2 Å². The van der Waals surface area contributed by atoms with Crippen LogP contribution in [-0.4, -0.2) is 43.1 Å². The van der Waals surface area contributed by atoms with Crippen molar-refractivity contribution in [3.05, 3.63) is 0 Å². The highest BCUT2D eigenvalue weighted by molar-refractivity contribution is 7.92. The lowest BCUT2D eigenvalue weighted by molar-refractivity contribution is -0.142. The summed E-state index contributed by atoms with van der Waals surface area (Å²) >= 11 is 0. The quantitative estimate of drug-likeness (QED) is 0.672. The van der Waals surface area contributed by atoms with Gasteiger partial charge in [0.1, 0.15) is 5.75 Å². The van der Waals surface area contributed by atoms with Gasteiger partial charge in [-0.15, -0.1) is 0 Å². The van der Waals surface area contributed by atoms with Gasteiger partial charge in [0.25, 0.3) is 0 Å². The summed E-state index contributed by atoms with van der Waals surface area (Å²) in [6.45, 7) is 4.22. The molecule has 0 spiro atoms. The lowest BCUT2D eigenvalue weighted by atomic mass is 10.1. The largest absolute Gasteiger partial charge is 0.481 e. The molecule has 0 aromatic heterocycles. The monoisotopic (exact) mass is 252 g/mol. The Morgan fingerprint density at radius 3 is 2.19 bits per heavy atom. The van der Waals surface area contributed by atoms with Crippen LogP contribution in [0, 0.1) is 5.92 Å². The van der Waals surface area contributed by atoms with Crippen molar-refractivity contribution in [2.24, 2.45) is 5.92 Å². The molecule has 0 saturated carbocycles. The van der Waals surface area contributed by atoms with Gasteiger partial charge in [-0.1, -0.05) is 6.92 Å². The predicted molar refractivity (Wildman–Crippen MR) is 56.7 cm³/mol. The van der Waals surface area contributed by atoms with Crippen molar-refractivity contribution in [2.75, 3.05) is 12.4 Å². The van der Waals surface area contributed by atoms with E-state index in [9.17, 15) is 18.0 Å². The van der Waals surface area contributed by atoms with Crippen LogP contribution < -0.4 is 0 Å². The molecule has 0 aliphatic rings. The highest BCUT2D eigenvalue weighted by Crippen LogP contribution is 2.13. The number of sulfone groups is 1. The van der Waals surface area contributed by atoms with E-state index in [1.165, 1.54) is 13.8 Å². The Bertz CT molecular complexity index is 358. The molecular formula is C9H16O6S. The molecule has 0 saturated heterocycles. The molecule has 0 aliphatic carbocycles. The van der Waals surface area contributed by atoms with Crippen LogP contribution in [0.1, 0.15) is 20.8 Å². The van der Waals surface area contributed by atoms with Crippen LogP contribution in [0.5, 0.6) is 0 Å². The maximum absolute atomic E-state index is 11.6. The average Bonchev–Trinajstić information content (AvgIpc) is 2.14.